The number of ether oxygens (including phenoxy) is 1. The molecule has 5 rings (SSSR count). The number of fused-ring (bicyclic) bond motifs is 1. The van der Waals surface area contributed by atoms with E-state index >= 15 is 0 Å². The average Bonchev–Trinajstić information content (AvgIpc) is 3.61. The largest absolute Gasteiger partial charge is 0.494 e. The van der Waals surface area contributed by atoms with Crippen molar-refractivity contribution in [3.63, 3.8) is 0 Å². The molecule has 6 atom stereocenters. The fraction of sp³-hybridized carbons (Fsp3) is 0.516. The highest BCUT2D eigenvalue weighted by molar-refractivity contribution is 8.02. The number of nitrogens with zero attached hydrogens (tertiary/aromatic N) is 1. The number of hydrogen-bond donors (Lipinski definition) is 3. The first-order valence-electron chi connectivity index (χ1n) is 14.4. The van der Waals surface area contributed by atoms with Gasteiger partial charge in [0.05, 0.1) is 35.8 Å². The normalized spacial score (nSPS) is 27.4. The van der Waals surface area contributed by atoms with E-state index in [1.165, 1.54) is 0 Å². The van der Waals surface area contributed by atoms with Gasteiger partial charge in [-0.1, -0.05) is 43.7 Å². The van der Waals surface area contributed by atoms with Crippen molar-refractivity contribution in [1.29, 1.82) is 0 Å². The van der Waals surface area contributed by atoms with E-state index in [1.54, 1.807) is 28.8 Å². The van der Waals surface area contributed by atoms with E-state index in [2.05, 4.69) is 17.6 Å². The maximum Gasteiger partial charge on any atom is 0.244 e. The van der Waals surface area contributed by atoms with Crippen molar-refractivity contribution in [3.05, 3.63) is 60.2 Å². The Hall–Kier alpha value is -3.04. The van der Waals surface area contributed by atoms with Crippen LogP contribution in [0, 0.1) is 11.8 Å². The number of nitrogens with one attached hydrogen (secondary N) is 2. The molecule has 8 nitrogen and oxygen atoms in total. The van der Waals surface area contributed by atoms with Gasteiger partial charge in [-0.05, 0) is 62.4 Å². The van der Waals surface area contributed by atoms with Gasteiger partial charge in [-0.15, -0.1) is 11.8 Å². The fourth-order valence-corrected chi connectivity index (χ4v) is 8.94. The number of carbonyl (C=O) groups excluding carboxylic acids is 3. The molecule has 3 amide bonds. The Labute approximate surface area is 240 Å². The molecular formula is C31H39N3O5S. The number of anilines is 1. The van der Waals surface area contributed by atoms with Gasteiger partial charge in [0.25, 0.3) is 0 Å². The molecule has 214 valence electrons. The number of aliphatic hydroxyl groups excluding tert-OH is 1. The molecule has 3 saturated heterocycles. The van der Waals surface area contributed by atoms with E-state index in [1.807, 2.05) is 49.4 Å². The number of benzene rings is 2. The van der Waals surface area contributed by atoms with Crippen LogP contribution in [0.4, 0.5) is 5.69 Å². The fourth-order valence-electron chi connectivity index (χ4n) is 6.73. The van der Waals surface area contributed by atoms with Crippen molar-refractivity contribution < 1.29 is 24.2 Å². The molecule has 1 spiro atoms. The number of thioether (sulfide) groups is 1. The van der Waals surface area contributed by atoms with E-state index in [9.17, 15) is 19.5 Å². The van der Waals surface area contributed by atoms with Gasteiger partial charge in [-0.25, -0.2) is 0 Å². The zero-order valence-electron chi connectivity index (χ0n) is 23.2. The second-order valence-electron chi connectivity index (χ2n) is 10.9. The van der Waals surface area contributed by atoms with Gasteiger partial charge in [0.15, 0.2) is 0 Å². The van der Waals surface area contributed by atoms with E-state index in [-0.39, 0.29) is 29.6 Å². The first kappa shape index (κ1) is 28.5. The Morgan fingerprint density at radius 1 is 1.12 bits per heavy atom. The Kier molecular flexibility index (Phi) is 8.71. The number of likely N-dealkylation sites (tertiary alicyclic amines) is 1. The number of hydrogen-bond acceptors (Lipinski definition) is 6. The summed E-state index contributed by atoms with van der Waals surface area (Å²) in [4.78, 5) is 43.5. The highest BCUT2D eigenvalue weighted by atomic mass is 32.2. The van der Waals surface area contributed by atoms with Crippen molar-refractivity contribution in [2.24, 2.45) is 11.8 Å². The molecule has 2 unspecified atom stereocenters. The van der Waals surface area contributed by atoms with Gasteiger partial charge in [0.2, 0.25) is 17.7 Å². The predicted molar refractivity (Wildman–Crippen MR) is 156 cm³/mol. The molecule has 3 fully saturated rings. The lowest BCUT2D eigenvalue weighted by Crippen LogP contribution is -2.57. The van der Waals surface area contributed by atoms with E-state index in [0.29, 0.717) is 31.7 Å². The topological polar surface area (TPSA) is 108 Å². The molecule has 0 radical (unpaired) electrons. The maximum absolute atomic E-state index is 14.3. The van der Waals surface area contributed by atoms with Gasteiger partial charge in [0, 0.05) is 17.5 Å². The van der Waals surface area contributed by atoms with Crippen LogP contribution >= 0.6 is 11.8 Å². The molecule has 3 N–H and O–H groups in total. The molecule has 2 aromatic rings. The zero-order chi connectivity index (χ0) is 28.3. The number of carbonyl (C=O) groups is 3. The highest BCUT2D eigenvalue weighted by Gasteiger charge is 2.74. The molecule has 3 aliphatic heterocycles. The van der Waals surface area contributed by atoms with Crippen LogP contribution in [0.3, 0.4) is 0 Å². The standard InChI is InChI=1S/C31H39N3O5S/c1-3-5-17-32-29(37)27-31-16-15-24(40-31)25(28(36)33-21-11-13-23(14-12-21)39-4-2)26(31)30(38)34(27)22(19-35)18-20-9-7-6-8-10-20/h6-14,22,24-27,35H,3-5,15-19H2,1-2H3,(H,32,37)(H,33,36)/t22-,24+,25-,26+,27?,31?/m1/s1. The van der Waals surface area contributed by atoms with Crippen LogP contribution in [0.15, 0.2) is 54.6 Å². The Balaban J connectivity index is 1.44. The van der Waals surface area contributed by atoms with Crippen LogP contribution in [0.1, 0.15) is 45.1 Å². The summed E-state index contributed by atoms with van der Waals surface area (Å²) in [5, 5.41) is 16.6. The zero-order valence-corrected chi connectivity index (χ0v) is 24.0. The molecule has 3 heterocycles. The van der Waals surface area contributed by atoms with Crippen molar-refractivity contribution in [1.82, 2.24) is 10.2 Å². The predicted octanol–water partition coefficient (Wildman–Crippen LogP) is 3.63. The summed E-state index contributed by atoms with van der Waals surface area (Å²) in [6, 6.07) is 15.6. The number of amides is 3. The van der Waals surface area contributed by atoms with Crippen molar-refractivity contribution >= 4 is 35.2 Å². The Bertz CT molecular complexity index is 1210. The molecule has 0 aliphatic carbocycles. The van der Waals surface area contributed by atoms with Crippen LogP contribution in [0.25, 0.3) is 0 Å². The third kappa shape index (κ3) is 5.21. The molecule has 0 aromatic heterocycles. The minimum absolute atomic E-state index is 0.0357. The van der Waals surface area contributed by atoms with Crippen LogP contribution < -0.4 is 15.4 Å². The van der Waals surface area contributed by atoms with Gasteiger partial charge in [-0.3, -0.25) is 14.4 Å². The summed E-state index contributed by atoms with van der Waals surface area (Å²) in [6.07, 6.45) is 3.68. The summed E-state index contributed by atoms with van der Waals surface area (Å²) in [6.45, 7) is 4.81. The van der Waals surface area contributed by atoms with Gasteiger partial charge < -0.3 is 25.4 Å². The van der Waals surface area contributed by atoms with Crippen LogP contribution in [-0.2, 0) is 20.8 Å². The summed E-state index contributed by atoms with van der Waals surface area (Å²) in [5.41, 5.74) is 1.62. The molecule has 9 heteroatoms. The van der Waals surface area contributed by atoms with Gasteiger partial charge in [0.1, 0.15) is 11.8 Å². The van der Waals surface area contributed by atoms with E-state index in [0.717, 1.165) is 30.6 Å². The van der Waals surface area contributed by atoms with Crippen molar-refractivity contribution in [2.75, 3.05) is 25.1 Å². The molecular weight excluding hydrogens is 526 g/mol. The lowest BCUT2D eigenvalue weighted by Gasteiger charge is -2.37. The van der Waals surface area contributed by atoms with Gasteiger partial charge in [-0.2, -0.15) is 0 Å². The van der Waals surface area contributed by atoms with E-state index in [4.69, 9.17) is 4.74 Å². The summed E-state index contributed by atoms with van der Waals surface area (Å²) >= 11 is 1.64. The molecule has 3 aliphatic rings. The lowest BCUT2D eigenvalue weighted by atomic mass is 9.70. The second kappa shape index (κ2) is 12.2. The van der Waals surface area contributed by atoms with Crippen LogP contribution in [-0.4, -0.2) is 69.6 Å². The number of unbranched alkanes of at least 4 members (excludes halogenated alkanes) is 1. The Morgan fingerprint density at radius 3 is 2.55 bits per heavy atom. The van der Waals surface area contributed by atoms with Crippen molar-refractivity contribution in [2.45, 2.75) is 68.0 Å². The van der Waals surface area contributed by atoms with Crippen molar-refractivity contribution in [3.8, 4) is 5.75 Å². The average molecular weight is 566 g/mol. The first-order valence-corrected chi connectivity index (χ1v) is 15.3. The smallest absolute Gasteiger partial charge is 0.244 e. The minimum Gasteiger partial charge on any atom is -0.494 e. The monoisotopic (exact) mass is 565 g/mol. The van der Waals surface area contributed by atoms with E-state index < -0.39 is 28.7 Å². The number of rotatable bonds is 12. The lowest BCUT2D eigenvalue weighted by molar-refractivity contribution is -0.142. The molecule has 0 saturated carbocycles. The second-order valence-corrected chi connectivity index (χ2v) is 12.5. The summed E-state index contributed by atoms with van der Waals surface area (Å²) in [7, 11) is 0. The highest BCUT2D eigenvalue weighted by Crippen LogP contribution is 2.66. The third-order valence-corrected chi connectivity index (χ3v) is 10.4. The summed E-state index contributed by atoms with van der Waals surface area (Å²) in [5.74, 6) is -1.03. The molecule has 2 bridgehead atoms. The maximum atomic E-state index is 14.3. The van der Waals surface area contributed by atoms with Gasteiger partial charge >= 0.3 is 0 Å². The quantitative estimate of drug-likeness (QED) is 0.339. The van der Waals surface area contributed by atoms with Crippen LogP contribution in [0.2, 0.25) is 0 Å². The molecule has 40 heavy (non-hydrogen) atoms. The number of aliphatic hydroxyl groups is 1. The summed E-state index contributed by atoms with van der Waals surface area (Å²) < 4.78 is 4.82. The molecule has 2 aromatic carbocycles. The Morgan fingerprint density at radius 2 is 1.88 bits per heavy atom. The first-order chi connectivity index (χ1) is 19.4. The van der Waals surface area contributed by atoms with Crippen LogP contribution in [0.5, 0.6) is 5.75 Å². The SMILES string of the molecule is CCCCNC(=O)C1N([C@@H](CO)Cc2ccccc2)C(=O)[C@@H]2[C@H](C(=O)Nc3ccc(OCC)cc3)[C@@H]3CCC12S3. The minimum atomic E-state index is -0.735. The third-order valence-electron chi connectivity index (χ3n) is 8.47.